The summed E-state index contributed by atoms with van der Waals surface area (Å²) in [4.78, 5) is 14.6. The van der Waals surface area contributed by atoms with Crippen molar-refractivity contribution in [3.8, 4) is 0 Å². The Hall–Kier alpha value is -2.18. The number of aryl methyl sites for hydroxylation is 2. The van der Waals surface area contributed by atoms with Crippen molar-refractivity contribution in [2.24, 2.45) is 0 Å². The van der Waals surface area contributed by atoms with E-state index in [1.807, 2.05) is 31.2 Å². The predicted octanol–water partition coefficient (Wildman–Crippen LogP) is 2.05. The van der Waals surface area contributed by atoms with Crippen LogP contribution >= 0.6 is 0 Å². The first kappa shape index (κ1) is 18.6. The number of aromatic nitrogens is 2. The molecule has 1 saturated heterocycles. The number of morpholine rings is 1. The number of aliphatic hydroxyl groups excluding tert-OH is 1. The van der Waals surface area contributed by atoms with Crippen molar-refractivity contribution in [2.75, 3.05) is 26.3 Å². The second-order valence-electron chi connectivity index (χ2n) is 7.07. The molecule has 1 fully saturated rings. The number of hydrogen-bond donors (Lipinski definition) is 1. The topological polar surface area (TPSA) is 67.6 Å². The predicted molar refractivity (Wildman–Crippen MR) is 99.1 cm³/mol. The average molecular weight is 357 g/mol. The Morgan fingerprint density at radius 1 is 1.35 bits per heavy atom. The third-order valence-corrected chi connectivity index (χ3v) is 4.80. The third kappa shape index (κ3) is 4.14. The van der Waals surface area contributed by atoms with Crippen LogP contribution in [0.1, 0.15) is 34.8 Å². The van der Waals surface area contributed by atoms with Gasteiger partial charge >= 0.3 is 0 Å². The van der Waals surface area contributed by atoms with E-state index in [4.69, 9.17) is 4.74 Å². The quantitative estimate of drug-likeness (QED) is 0.859. The normalized spacial score (nSPS) is 20.3. The monoisotopic (exact) mass is 357 g/mol. The van der Waals surface area contributed by atoms with Gasteiger partial charge in [0.05, 0.1) is 31.5 Å². The lowest BCUT2D eigenvalue weighted by Gasteiger charge is -2.41. The van der Waals surface area contributed by atoms with Gasteiger partial charge in [-0.3, -0.25) is 9.48 Å². The zero-order valence-electron chi connectivity index (χ0n) is 15.5. The van der Waals surface area contributed by atoms with Crippen LogP contribution in [0.15, 0.2) is 36.7 Å². The first-order valence-electron chi connectivity index (χ1n) is 9.17. The Morgan fingerprint density at radius 3 is 2.81 bits per heavy atom. The molecule has 0 radical (unpaired) electrons. The number of carbonyl (C=O) groups excluding carboxylic acids is 1. The van der Waals surface area contributed by atoms with E-state index in [9.17, 15) is 9.90 Å². The minimum absolute atomic E-state index is 0.0580. The molecule has 140 valence electrons. The van der Waals surface area contributed by atoms with Gasteiger partial charge in [0.2, 0.25) is 0 Å². The first-order chi connectivity index (χ1) is 12.5. The molecule has 1 amide bonds. The standard InChI is InChI=1S/C20H27N3O3/c1-3-8-23-13-18(12-21-23)19(25)22-9-10-26-20(14-22,15-24)11-17-6-4-16(2)5-7-17/h4-7,12-13,24H,3,8-11,14-15H2,1-2H3. The molecular weight excluding hydrogens is 330 g/mol. The van der Waals surface area contributed by atoms with Crippen molar-refractivity contribution < 1.29 is 14.6 Å². The van der Waals surface area contributed by atoms with Crippen LogP contribution in [0.25, 0.3) is 0 Å². The van der Waals surface area contributed by atoms with E-state index in [1.165, 1.54) is 5.56 Å². The van der Waals surface area contributed by atoms with Crippen molar-refractivity contribution in [1.29, 1.82) is 0 Å². The zero-order valence-corrected chi connectivity index (χ0v) is 15.5. The average Bonchev–Trinajstić information content (AvgIpc) is 3.12. The lowest BCUT2D eigenvalue weighted by Crippen LogP contribution is -2.56. The molecule has 1 aliphatic rings. The number of benzene rings is 1. The number of nitrogens with zero attached hydrogens (tertiary/aromatic N) is 3. The summed E-state index contributed by atoms with van der Waals surface area (Å²) < 4.78 is 7.74. The maximum Gasteiger partial charge on any atom is 0.257 e. The highest BCUT2D eigenvalue weighted by Gasteiger charge is 2.38. The smallest absolute Gasteiger partial charge is 0.257 e. The largest absolute Gasteiger partial charge is 0.393 e. The van der Waals surface area contributed by atoms with E-state index in [-0.39, 0.29) is 12.5 Å². The molecule has 1 aliphatic heterocycles. The van der Waals surface area contributed by atoms with Crippen LogP contribution in [0.3, 0.4) is 0 Å². The van der Waals surface area contributed by atoms with E-state index in [1.54, 1.807) is 22.0 Å². The van der Waals surface area contributed by atoms with Gasteiger partial charge in [-0.25, -0.2) is 0 Å². The molecule has 1 atom stereocenters. The summed E-state index contributed by atoms with van der Waals surface area (Å²) in [6.45, 7) is 6.10. The van der Waals surface area contributed by atoms with E-state index in [0.29, 0.717) is 31.7 Å². The number of carbonyl (C=O) groups is 1. The minimum atomic E-state index is -0.761. The molecule has 0 bridgehead atoms. The van der Waals surface area contributed by atoms with Crippen LogP contribution in [-0.2, 0) is 17.7 Å². The van der Waals surface area contributed by atoms with E-state index in [0.717, 1.165) is 18.5 Å². The van der Waals surface area contributed by atoms with Crippen molar-refractivity contribution in [3.63, 3.8) is 0 Å². The maximum absolute atomic E-state index is 12.9. The van der Waals surface area contributed by atoms with Crippen LogP contribution in [0.2, 0.25) is 0 Å². The lowest BCUT2D eigenvalue weighted by atomic mass is 9.92. The number of ether oxygens (including phenoxy) is 1. The van der Waals surface area contributed by atoms with Gasteiger partial charge in [0.1, 0.15) is 5.60 Å². The van der Waals surface area contributed by atoms with Crippen molar-refractivity contribution >= 4 is 5.91 Å². The zero-order chi connectivity index (χ0) is 18.6. The van der Waals surface area contributed by atoms with Gasteiger partial charge in [-0.15, -0.1) is 0 Å². The second kappa shape index (κ2) is 8.01. The molecule has 0 aliphatic carbocycles. The Labute approximate surface area is 154 Å². The Morgan fingerprint density at radius 2 is 2.12 bits per heavy atom. The van der Waals surface area contributed by atoms with Gasteiger partial charge in [0, 0.05) is 25.7 Å². The fourth-order valence-corrected chi connectivity index (χ4v) is 3.36. The summed E-state index contributed by atoms with van der Waals surface area (Å²) in [7, 11) is 0. The molecule has 6 heteroatoms. The Kier molecular flexibility index (Phi) is 5.74. The molecule has 0 spiro atoms. The van der Waals surface area contributed by atoms with Crippen LogP contribution < -0.4 is 0 Å². The highest BCUT2D eigenvalue weighted by molar-refractivity contribution is 5.93. The van der Waals surface area contributed by atoms with E-state index >= 15 is 0 Å². The molecule has 26 heavy (non-hydrogen) atoms. The van der Waals surface area contributed by atoms with Crippen molar-refractivity contribution in [2.45, 2.75) is 38.8 Å². The number of amides is 1. The van der Waals surface area contributed by atoms with Crippen LogP contribution in [0.5, 0.6) is 0 Å². The summed E-state index contributed by atoms with van der Waals surface area (Å²) >= 11 is 0. The molecular formula is C20H27N3O3. The molecule has 6 nitrogen and oxygen atoms in total. The molecule has 1 aromatic carbocycles. The fourth-order valence-electron chi connectivity index (χ4n) is 3.36. The van der Waals surface area contributed by atoms with Crippen LogP contribution in [0.4, 0.5) is 0 Å². The number of hydrogen-bond acceptors (Lipinski definition) is 4. The first-order valence-corrected chi connectivity index (χ1v) is 9.17. The summed E-state index contributed by atoms with van der Waals surface area (Å²) in [5.41, 5.74) is 2.11. The van der Waals surface area contributed by atoms with Gasteiger partial charge in [0.15, 0.2) is 0 Å². The van der Waals surface area contributed by atoms with Crippen LogP contribution in [0, 0.1) is 6.92 Å². The highest BCUT2D eigenvalue weighted by atomic mass is 16.5. The van der Waals surface area contributed by atoms with Gasteiger partial charge in [0.25, 0.3) is 5.91 Å². The molecule has 2 aromatic rings. The molecule has 1 aromatic heterocycles. The van der Waals surface area contributed by atoms with Gasteiger partial charge < -0.3 is 14.7 Å². The van der Waals surface area contributed by atoms with Crippen molar-refractivity contribution in [1.82, 2.24) is 14.7 Å². The molecule has 1 unspecified atom stereocenters. The molecule has 0 saturated carbocycles. The molecule has 3 rings (SSSR count). The third-order valence-electron chi connectivity index (χ3n) is 4.80. The summed E-state index contributed by atoms with van der Waals surface area (Å²) in [6.07, 6.45) is 4.95. The van der Waals surface area contributed by atoms with Gasteiger partial charge in [-0.1, -0.05) is 36.8 Å². The Balaban J connectivity index is 1.73. The summed E-state index contributed by atoms with van der Waals surface area (Å²) in [5.74, 6) is -0.0580. The highest BCUT2D eigenvalue weighted by Crippen LogP contribution is 2.24. The lowest BCUT2D eigenvalue weighted by molar-refractivity contribution is -0.123. The molecule has 1 N–H and O–H groups in total. The summed E-state index contributed by atoms with van der Waals surface area (Å²) in [6, 6.07) is 8.19. The van der Waals surface area contributed by atoms with Gasteiger partial charge in [-0.2, -0.15) is 5.10 Å². The van der Waals surface area contributed by atoms with Crippen LogP contribution in [-0.4, -0.2) is 57.6 Å². The molecule has 2 heterocycles. The number of rotatable bonds is 6. The Bertz CT molecular complexity index is 741. The van der Waals surface area contributed by atoms with Crippen molar-refractivity contribution in [3.05, 3.63) is 53.3 Å². The minimum Gasteiger partial charge on any atom is -0.393 e. The van der Waals surface area contributed by atoms with Gasteiger partial charge in [-0.05, 0) is 18.9 Å². The number of aliphatic hydroxyl groups is 1. The summed E-state index contributed by atoms with van der Waals surface area (Å²) in [5, 5.41) is 14.3. The fraction of sp³-hybridized carbons (Fsp3) is 0.500. The van der Waals surface area contributed by atoms with E-state index in [2.05, 4.69) is 12.0 Å². The second-order valence-corrected chi connectivity index (χ2v) is 7.07. The van der Waals surface area contributed by atoms with E-state index < -0.39 is 5.60 Å². The maximum atomic E-state index is 12.9. The SMILES string of the molecule is CCCn1cc(C(=O)N2CCOC(CO)(Cc3ccc(C)cc3)C2)cn1.